The molecule has 7 heteroatoms. The molecule has 1 aliphatic carbocycles. The van der Waals surface area contributed by atoms with E-state index in [1.165, 1.54) is 7.11 Å². The molecule has 0 bridgehead atoms. The molecule has 1 rings (SSSR count). The van der Waals surface area contributed by atoms with E-state index in [4.69, 9.17) is 9.47 Å². The topological polar surface area (TPSA) is 47.6 Å². The zero-order valence-electron chi connectivity index (χ0n) is 12.6. The highest BCUT2D eigenvalue weighted by molar-refractivity contribution is 5.81. The van der Waals surface area contributed by atoms with Crippen LogP contribution in [0.3, 0.4) is 0 Å². The van der Waals surface area contributed by atoms with E-state index in [2.05, 4.69) is 5.32 Å². The van der Waals surface area contributed by atoms with Crippen LogP contribution in [0.15, 0.2) is 0 Å². The van der Waals surface area contributed by atoms with Crippen LogP contribution in [0, 0.1) is 5.92 Å². The van der Waals surface area contributed by atoms with Gasteiger partial charge in [-0.3, -0.25) is 4.79 Å². The highest BCUT2D eigenvalue weighted by Crippen LogP contribution is 2.38. The largest absolute Gasteiger partial charge is 0.468 e. The number of nitrogens with one attached hydrogen (secondary N) is 1. The third-order valence-electron chi connectivity index (χ3n) is 4.18. The summed E-state index contributed by atoms with van der Waals surface area (Å²) in [6.45, 7) is 0.458. The van der Waals surface area contributed by atoms with Gasteiger partial charge in [0, 0.05) is 19.6 Å². The Kier molecular flexibility index (Phi) is 6.93. The summed E-state index contributed by atoms with van der Waals surface area (Å²) in [7, 11) is 3.10. The molecule has 1 fully saturated rings. The molecule has 1 saturated carbocycles. The first-order chi connectivity index (χ1) is 9.85. The van der Waals surface area contributed by atoms with Crippen LogP contribution in [0.2, 0.25) is 0 Å². The zero-order chi connectivity index (χ0) is 15.9. The SMILES string of the molecule is CNC1(C(=O)OC)CCCC1CCOCCCC(F)(F)F. The van der Waals surface area contributed by atoms with Gasteiger partial charge in [0.25, 0.3) is 0 Å². The van der Waals surface area contributed by atoms with Gasteiger partial charge in [-0.25, -0.2) is 0 Å². The second-order valence-electron chi connectivity index (χ2n) is 5.42. The summed E-state index contributed by atoms with van der Waals surface area (Å²) in [6.07, 6.45) is -1.80. The Morgan fingerprint density at radius 3 is 2.67 bits per heavy atom. The second-order valence-corrected chi connectivity index (χ2v) is 5.42. The number of hydrogen-bond acceptors (Lipinski definition) is 4. The molecular weight excluding hydrogens is 287 g/mol. The minimum atomic E-state index is -4.12. The normalized spacial score (nSPS) is 26.0. The molecule has 0 heterocycles. The van der Waals surface area contributed by atoms with Gasteiger partial charge in [0.15, 0.2) is 0 Å². The summed E-state index contributed by atoms with van der Waals surface area (Å²) < 4.78 is 46.0. The van der Waals surface area contributed by atoms with Crippen molar-refractivity contribution in [1.29, 1.82) is 0 Å². The van der Waals surface area contributed by atoms with Crippen LogP contribution in [0.4, 0.5) is 13.2 Å². The predicted octanol–water partition coefficient (Wildman–Crippen LogP) is 2.67. The van der Waals surface area contributed by atoms with Gasteiger partial charge in [-0.15, -0.1) is 0 Å². The lowest BCUT2D eigenvalue weighted by Gasteiger charge is -2.32. The summed E-state index contributed by atoms with van der Waals surface area (Å²) in [5.74, 6) is -0.179. The highest BCUT2D eigenvalue weighted by Gasteiger charge is 2.48. The zero-order valence-corrected chi connectivity index (χ0v) is 12.6. The van der Waals surface area contributed by atoms with E-state index in [9.17, 15) is 18.0 Å². The van der Waals surface area contributed by atoms with Crippen molar-refractivity contribution in [3.63, 3.8) is 0 Å². The Labute approximate surface area is 123 Å². The van der Waals surface area contributed by atoms with Crippen molar-refractivity contribution >= 4 is 5.97 Å². The summed E-state index contributed by atoms with van der Waals surface area (Å²) in [5.41, 5.74) is -0.677. The summed E-state index contributed by atoms with van der Waals surface area (Å²) in [4.78, 5) is 12.0. The Bertz CT molecular complexity index is 336. The summed E-state index contributed by atoms with van der Waals surface area (Å²) >= 11 is 0. The van der Waals surface area contributed by atoms with Crippen LogP contribution >= 0.6 is 0 Å². The van der Waals surface area contributed by atoms with Gasteiger partial charge in [-0.1, -0.05) is 6.42 Å². The minimum absolute atomic E-state index is 0.0255. The minimum Gasteiger partial charge on any atom is -0.468 e. The second kappa shape index (κ2) is 7.98. The molecule has 0 aromatic carbocycles. The first-order valence-corrected chi connectivity index (χ1v) is 7.27. The van der Waals surface area contributed by atoms with Crippen molar-refractivity contribution in [3.8, 4) is 0 Å². The first-order valence-electron chi connectivity index (χ1n) is 7.27. The molecule has 0 aliphatic heterocycles. The molecule has 2 atom stereocenters. The van der Waals surface area contributed by atoms with Gasteiger partial charge in [-0.2, -0.15) is 13.2 Å². The monoisotopic (exact) mass is 311 g/mol. The Morgan fingerprint density at radius 1 is 1.38 bits per heavy atom. The van der Waals surface area contributed by atoms with Crippen LogP contribution in [0.25, 0.3) is 0 Å². The number of alkyl halides is 3. The molecule has 0 aromatic heterocycles. The smallest absolute Gasteiger partial charge is 0.389 e. The van der Waals surface area contributed by atoms with Crippen LogP contribution in [0.1, 0.15) is 38.5 Å². The predicted molar refractivity (Wildman–Crippen MR) is 71.9 cm³/mol. The van der Waals surface area contributed by atoms with Gasteiger partial charge in [0.2, 0.25) is 0 Å². The fourth-order valence-electron chi connectivity index (χ4n) is 3.05. The Hall–Kier alpha value is -0.820. The van der Waals surface area contributed by atoms with Crippen molar-refractivity contribution in [3.05, 3.63) is 0 Å². The van der Waals surface area contributed by atoms with E-state index < -0.39 is 18.1 Å². The molecule has 4 nitrogen and oxygen atoms in total. The molecule has 1 aliphatic rings. The van der Waals surface area contributed by atoms with Crippen LogP contribution < -0.4 is 5.32 Å². The van der Waals surface area contributed by atoms with E-state index in [0.29, 0.717) is 13.0 Å². The third kappa shape index (κ3) is 5.14. The number of rotatable bonds is 8. The number of carbonyl (C=O) groups is 1. The van der Waals surface area contributed by atoms with Crippen LogP contribution in [-0.4, -0.2) is 45.1 Å². The number of likely N-dealkylation sites (N-methyl/N-ethyl adjacent to an activating group) is 1. The number of carbonyl (C=O) groups excluding carboxylic acids is 1. The molecule has 0 amide bonds. The van der Waals surface area contributed by atoms with E-state index in [-0.39, 0.29) is 24.9 Å². The van der Waals surface area contributed by atoms with Crippen molar-refractivity contribution in [2.24, 2.45) is 5.92 Å². The average Bonchev–Trinajstić information content (AvgIpc) is 2.84. The average molecular weight is 311 g/mol. The number of hydrogen-bond donors (Lipinski definition) is 1. The van der Waals surface area contributed by atoms with Gasteiger partial charge < -0.3 is 14.8 Å². The van der Waals surface area contributed by atoms with Crippen LogP contribution in [-0.2, 0) is 14.3 Å². The number of ether oxygens (including phenoxy) is 2. The number of esters is 1. The number of halogens is 3. The van der Waals surface area contributed by atoms with Crippen molar-refractivity contribution in [1.82, 2.24) is 5.32 Å². The Morgan fingerprint density at radius 2 is 2.10 bits per heavy atom. The molecule has 0 spiro atoms. The molecule has 2 unspecified atom stereocenters. The first kappa shape index (κ1) is 18.2. The van der Waals surface area contributed by atoms with Gasteiger partial charge in [0.05, 0.1) is 7.11 Å². The molecule has 0 aromatic rings. The van der Waals surface area contributed by atoms with E-state index in [1.807, 2.05) is 0 Å². The van der Waals surface area contributed by atoms with Gasteiger partial charge >= 0.3 is 12.1 Å². The fraction of sp³-hybridized carbons (Fsp3) is 0.929. The quantitative estimate of drug-likeness (QED) is 0.553. The maximum atomic E-state index is 12.0. The van der Waals surface area contributed by atoms with Crippen molar-refractivity contribution < 1.29 is 27.4 Å². The Balaban J connectivity index is 2.32. The van der Waals surface area contributed by atoms with Crippen LogP contribution in [0.5, 0.6) is 0 Å². The van der Waals surface area contributed by atoms with E-state index in [0.717, 1.165) is 19.3 Å². The molecule has 0 radical (unpaired) electrons. The maximum Gasteiger partial charge on any atom is 0.389 e. The lowest BCUT2D eigenvalue weighted by atomic mass is 9.85. The fourth-order valence-corrected chi connectivity index (χ4v) is 3.05. The standard InChI is InChI=1S/C14H24F3NO3/c1-18-13(12(19)20-2)7-3-5-11(13)6-10-21-9-4-8-14(15,16)17/h11,18H,3-10H2,1-2H3. The van der Waals surface area contributed by atoms with E-state index in [1.54, 1.807) is 7.05 Å². The highest BCUT2D eigenvalue weighted by atomic mass is 19.4. The summed E-state index contributed by atoms with van der Waals surface area (Å²) in [6, 6.07) is 0. The third-order valence-corrected chi connectivity index (χ3v) is 4.18. The lowest BCUT2D eigenvalue weighted by molar-refractivity contribution is -0.150. The molecule has 21 heavy (non-hydrogen) atoms. The lowest BCUT2D eigenvalue weighted by Crippen LogP contribution is -2.54. The molecule has 1 N–H and O–H groups in total. The summed E-state index contributed by atoms with van der Waals surface area (Å²) in [5, 5.41) is 3.07. The molecular formula is C14H24F3NO3. The van der Waals surface area contributed by atoms with Gasteiger partial charge in [-0.05, 0) is 38.6 Å². The van der Waals surface area contributed by atoms with Crippen molar-refractivity contribution in [2.75, 3.05) is 27.4 Å². The van der Waals surface area contributed by atoms with Gasteiger partial charge in [0.1, 0.15) is 5.54 Å². The molecule has 0 saturated heterocycles. The number of methoxy groups -OCH3 is 1. The van der Waals surface area contributed by atoms with Crippen molar-refractivity contribution in [2.45, 2.75) is 50.2 Å². The van der Waals surface area contributed by atoms with E-state index >= 15 is 0 Å². The maximum absolute atomic E-state index is 12.0. The molecule has 124 valence electrons.